The topological polar surface area (TPSA) is 49.8 Å². The molecule has 2 rings (SSSR count). The van der Waals surface area contributed by atoms with Crippen LogP contribution in [0.1, 0.15) is 20.3 Å². The smallest absolute Gasteiger partial charge is 0.138 e. The summed E-state index contributed by atoms with van der Waals surface area (Å²) in [6.07, 6.45) is 0.0333. The number of carbonyl (C=O) groups is 1. The lowest BCUT2D eigenvalue weighted by Gasteiger charge is -2.36. The summed E-state index contributed by atoms with van der Waals surface area (Å²) in [7, 11) is 0. The standard InChI is InChI=1S/C16H23NO3/c1-12-9-17(13(2)8-16(12)19)10-14(18)11-20-15-6-4-3-5-7-15/h3-7,12-14,18H,8-11H2,1-2H3. The molecule has 1 aromatic rings. The van der Waals surface area contributed by atoms with E-state index < -0.39 is 6.10 Å². The Kier molecular flexibility index (Phi) is 5.15. The average molecular weight is 277 g/mol. The Balaban J connectivity index is 1.79. The fourth-order valence-corrected chi connectivity index (χ4v) is 2.54. The zero-order chi connectivity index (χ0) is 14.5. The minimum absolute atomic E-state index is 0.0634. The number of β-amino-alcohol motifs (C(OH)–C–C–N with tert-alkyl or cyclic N) is 1. The highest BCUT2D eigenvalue weighted by Gasteiger charge is 2.30. The van der Waals surface area contributed by atoms with Crippen LogP contribution >= 0.6 is 0 Å². The van der Waals surface area contributed by atoms with Crippen molar-refractivity contribution in [3.8, 4) is 5.75 Å². The number of para-hydroxylation sites is 1. The van der Waals surface area contributed by atoms with Gasteiger partial charge in [-0.3, -0.25) is 9.69 Å². The van der Waals surface area contributed by atoms with Crippen LogP contribution in [-0.2, 0) is 4.79 Å². The third-order valence-corrected chi connectivity index (χ3v) is 3.81. The first-order chi connectivity index (χ1) is 9.56. The van der Waals surface area contributed by atoms with E-state index in [-0.39, 0.29) is 18.6 Å². The fraction of sp³-hybridized carbons (Fsp3) is 0.562. The number of rotatable bonds is 5. The first kappa shape index (κ1) is 15.0. The molecule has 1 aliphatic rings. The first-order valence-corrected chi connectivity index (χ1v) is 7.19. The number of aliphatic hydroxyl groups excluding tert-OH is 1. The molecule has 0 bridgehead atoms. The van der Waals surface area contributed by atoms with E-state index in [4.69, 9.17) is 4.74 Å². The van der Waals surface area contributed by atoms with Crippen LogP contribution in [0.4, 0.5) is 0 Å². The Bertz CT molecular complexity index is 435. The number of likely N-dealkylation sites (tertiary alicyclic amines) is 1. The van der Waals surface area contributed by atoms with Crippen molar-refractivity contribution in [2.24, 2.45) is 5.92 Å². The van der Waals surface area contributed by atoms with Gasteiger partial charge in [0.1, 0.15) is 24.2 Å². The maximum absolute atomic E-state index is 11.6. The summed E-state index contributed by atoms with van der Waals surface area (Å²) in [4.78, 5) is 13.8. The first-order valence-electron chi connectivity index (χ1n) is 7.19. The minimum atomic E-state index is -0.543. The van der Waals surface area contributed by atoms with Gasteiger partial charge in [-0.2, -0.15) is 0 Å². The third kappa shape index (κ3) is 4.05. The van der Waals surface area contributed by atoms with E-state index in [1.165, 1.54) is 0 Å². The number of hydrogen-bond donors (Lipinski definition) is 1. The van der Waals surface area contributed by atoms with Gasteiger partial charge in [0, 0.05) is 31.5 Å². The monoisotopic (exact) mass is 277 g/mol. The van der Waals surface area contributed by atoms with Gasteiger partial charge >= 0.3 is 0 Å². The molecule has 3 unspecified atom stereocenters. The molecule has 0 aromatic heterocycles. The molecule has 4 nitrogen and oxygen atoms in total. The average Bonchev–Trinajstić information content (AvgIpc) is 2.44. The number of aliphatic hydroxyl groups is 1. The summed E-state index contributed by atoms with van der Waals surface area (Å²) < 4.78 is 5.55. The number of ketones is 1. The van der Waals surface area contributed by atoms with Crippen LogP contribution in [0, 0.1) is 5.92 Å². The number of nitrogens with zero attached hydrogens (tertiary/aromatic N) is 1. The summed E-state index contributed by atoms with van der Waals surface area (Å²) in [5.41, 5.74) is 0. The van der Waals surface area contributed by atoms with E-state index in [1.54, 1.807) is 0 Å². The molecular formula is C16H23NO3. The molecule has 1 aliphatic heterocycles. The van der Waals surface area contributed by atoms with Crippen LogP contribution in [0.2, 0.25) is 0 Å². The van der Waals surface area contributed by atoms with Crippen molar-refractivity contribution in [1.29, 1.82) is 0 Å². The van der Waals surface area contributed by atoms with E-state index in [2.05, 4.69) is 4.90 Å². The van der Waals surface area contributed by atoms with Crippen molar-refractivity contribution in [3.63, 3.8) is 0 Å². The van der Waals surface area contributed by atoms with Crippen LogP contribution < -0.4 is 4.74 Å². The molecular weight excluding hydrogens is 254 g/mol. The summed E-state index contributed by atoms with van der Waals surface area (Å²) >= 11 is 0. The SMILES string of the molecule is CC1CN(CC(O)COc2ccccc2)C(C)CC1=O. The molecule has 110 valence electrons. The van der Waals surface area contributed by atoms with Crippen LogP contribution in [0.25, 0.3) is 0 Å². The molecule has 0 amide bonds. The molecule has 3 atom stereocenters. The summed E-state index contributed by atoms with van der Waals surface area (Å²) in [5.74, 6) is 1.15. The molecule has 0 radical (unpaired) electrons. The number of piperidine rings is 1. The van der Waals surface area contributed by atoms with Crippen molar-refractivity contribution in [1.82, 2.24) is 4.90 Å². The van der Waals surface area contributed by atoms with E-state index >= 15 is 0 Å². The highest BCUT2D eigenvalue weighted by Crippen LogP contribution is 2.19. The predicted octanol–water partition coefficient (Wildman–Crippen LogP) is 1.73. The van der Waals surface area contributed by atoms with Gasteiger partial charge in [0.25, 0.3) is 0 Å². The molecule has 1 fully saturated rings. The van der Waals surface area contributed by atoms with E-state index in [1.807, 2.05) is 44.2 Å². The Morgan fingerprint density at radius 3 is 2.75 bits per heavy atom. The lowest BCUT2D eigenvalue weighted by molar-refractivity contribution is -0.128. The van der Waals surface area contributed by atoms with Crippen LogP contribution in [0.5, 0.6) is 5.75 Å². The maximum atomic E-state index is 11.6. The Labute approximate surface area is 120 Å². The molecule has 0 spiro atoms. The highest BCUT2D eigenvalue weighted by molar-refractivity contribution is 5.82. The fourth-order valence-electron chi connectivity index (χ4n) is 2.54. The van der Waals surface area contributed by atoms with Crippen molar-refractivity contribution in [2.75, 3.05) is 19.7 Å². The van der Waals surface area contributed by atoms with Gasteiger partial charge in [-0.25, -0.2) is 0 Å². The molecule has 1 N–H and O–H groups in total. The highest BCUT2D eigenvalue weighted by atomic mass is 16.5. The zero-order valence-electron chi connectivity index (χ0n) is 12.2. The minimum Gasteiger partial charge on any atom is -0.491 e. The lowest BCUT2D eigenvalue weighted by Crippen LogP contribution is -2.49. The second-order valence-corrected chi connectivity index (χ2v) is 5.65. The van der Waals surface area contributed by atoms with Gasteiger partial charge in [-0.1, -0.05) is 25.1 Å². The van der Waals surface area contributed by atoms with Gasteiger partial charge in [0.05, 0.1) is 0 Å². The van der Waals surface area contributed by atoms with Crippen molar-refractivity contribution in [3.05, 3.63) is 30.3 Å². The summed E-state index contributed by atoms with van der Waals surface area (Å²) in [6.45, 7) is 5.53. The largest absolute Gasteiger partial charge is 0.491 e. The van der Waals surface area contributed by atoms with Crippen molar-refractivity contribution < 1.29 is 14.6 Å². The molecule has 4 heteroatoms. The van der Waals surface area contributed by atoms with Gasteiger partial charge in [-0.15, -0.1) is 0 Å². The second-order valence-electron chi connectivity index (χ2n) is 5.65. The lowest BCUT2D eigenvalue weighted by atomic mass is 9.93. The van der Waals surface area contributed by atoms with E-state index in [0.29, 0.717) is 18.7 Å². The van der Waals surface area contributed by atoms with Gasteiger partial charge in [0.2, 0.25) is 0 Å². The quantitative estimate of drug-likeness (QED) is 0.890. The Hall–Kier alpha value is -1.39. The number of ether oxygens (including phenoxy) is 1. The summed E-state index contributed by atoms with van der Waals surface area (Å²) in [5, 5.41) is 10.1. The number of Topliss-reactive ketones (excluding diaryl/α,β-unsaturated/α-hetero) is 1. The molecule has 0 aliphatic carbocycles. The van der Waals surface area contributed by atoms with Gasteiger partial charge in [-0.05, 0) is 19.1 Å². The van der Waals surface area contributed by atoms with Crippen molar-refractivity contribution in [2.45, 2.75) is 32.4 Å². The van der Waals surface area contributed by atoms with Crippen molar-refractivity contribution >= 4 is 5.78 Å². The van der Waals surface area contributed by atoms with E-state index in [9.17, 15) is 9.90 Å². The third-order valence-electron chi connectivity index (χ3n) is 3.81. The zero-order valence-corrected chi connectivity index (χ0v) is 12.2. The van der Waals surface area contributed by atoms with Crippen LogP contribution in [-0.4, -0.2) is 47.6 Å². The Morgan fingerprint density at radius 1 is 1.35 bits per heavy atom. The number of hydrogen-bond acceptors (Lipinski definition) is 4. The Morgan fingerprint density at radius 2 is 2.05 bits per heavy atom. The number of carbonyl (C=O) groups excluding carboxylic acids is 1. The molecule has 20 heavy (non-hydrogen) atoms. The number of benzene rings is 1. The molecule has 1 heterocycles. The predicted molar refractivity (Wildman–Crippen MR) is 77.8 cm³/mol. The summed E-state index contributed by atoms with van der Waals surface area (Å²) in [6, 6.07) is 9.68. The van der Waals surface area contributed by atoms with Gasteiger partial charge in [0.15, 0.2) is 0 Å². The van der Waals surface area contributed by atoms with Crippen LogP contribution in [0.15, 0.2) is 30.3 Å². The molecule has 1 aromatic carbocycles. The van der Waals surface area contributed by atoms with Crippen LogP contribution in [0.3, 0.4) is 0 Å². The molecule has 0 saturated carbocycles. The van der Waals surface area contributed by atoms with Gasteiger partial charge < -0.3 is 9.84 Å². The second kappa shape index (κ2) is 6.86. The maximum Gasteiger partial charge on any atom is 0.138 e. The molecule has 1 saturated heterocycles. The van der Waals surface area contributed by atoms with E-state index in [0.717, 1.165) is 12.3 Å². The normalized spacial score (nSPS) is 25.4.